The fraction of sp³-hybridized carbons (Fsp3) is 0.909. The highest BCUT2D eigenvalue weighted by atomic mass is 16.5. The van der Waals surface area contributed by atoms with Crippen LogP contribution < -0.4 is 5.32 Å². The molecule has 2 saturated heterocycles. The smallest absolute Gasteiger partial charge is 0.409 e. The number of hydrogen-bond acceptors (Lipinski definition) is 3. The summed E-state index contributed by atoms with van der Waals surface area (Å²) in [5.74, 6) is 1.28. The Hall–Kier alpha value is -0.770. The number of likely N-dealkylation sites (tertiary alicyclic amines) is 1. The maximum atomic E-state index is 11.7. The average Bonchev–Trinajstić information content (AvgIpc) is 2.66. The van der Waals surface area contributed by atoms with Crippen LogP contribution in [0.3, 0.4) is 0 Å². The van der Waals surface area contributed by atoms with Gasteiger partial charge in [0.25, 0.3) is 0 Å². The SMILES string of the molecule is COC(=O)N1CCC2CNCC2C1(C)C. The van der Waals surface area contributed by atoms with Gasteiger partial charge in [-0.1, -0.05) is 0 Å². The number of methoxy groups -OCH3 is 1. The Morgan fingerprint density at radius 2 is 2.20 bits per heavy atom. The number of nitrogens with one attached hydrogen (secondary N) is 1. The molecule has 86 valence electrons. The minimum absolute atomic E-state index is 0.0838. The summed E-state index contributed by atoms with van der Waals surface area (Å²) in [5.41, 5.74) is -0.0838. The molecule has 0 aromatic carbocycles. The summed E-state index contributed by atoms with van der Waals surface area (Å²) in [5, 5.41) is 3.42. The van der Waals surface area contributed by atoms with E-state index >= 15 is 0 Å². The van der Waals surface area contributed by atoms with Gasteiger partial charge in [0, 0.05) is 18.6 Å². The lowest BCUT2D eigenvalue weighted by molar-refractivity contribution is 0.00820. The Bertz CT molecular complexity index is 265. The summed E-state index contributed by atoms with van der Waals surface area (Å²) < 4.78 is 4.84. The van der Waals surface area contributed by atoms with E-state index in [2.05, 4.69) is 19.2 Å². The fourth-order valence-electron chi connectivity index (χ4n) is 3.08. The molecule has 0 spiro atoms. The lowest BCUT2D eigenvalue weighted by Gasteiger charge is -2.48. The molecule has 4 nitrogen and oxygen atoms in total. The van der Waals surface area contributed by atoms with E-state index in [1.807, 2.05) is 4.90 Å². The van der Waals surface area contributed by atoms with E-state index in [0.717, 1.165) is 32.0 Å². The minimum Gasteiger partial charge on any atom is -0.453 e. The summed E-state index contributed by atoms with van der Waals surface area (Å²) in [6, 6.07) is 0. The molecule has 0 saturated carbocycles. The predicted octanol–water partition coefficient (Wildman–Crippen LogP) is 1.07. The fourth-order valence-corrected chi connectivity index (χ4v) is 3.08. The number of fused-ring (bicyclic) bond motifs is 1. The molecule has 15 heavy (non-hydrogen) atoms. The third-order valence-electron chi connectivity index (χ3n) is 4.06. The molecule has 2 heterocycles. The van der Waals surface area contributed by atoms with Crippen molar-refractivity contribution in [2.45, 2.75) is 25.8 Å². The third-order valence-corrected chi connectivity index (χ3v) is 4.06. The number of carbonyl (C=O) groups excluding carboxylic acids is 1. The first kappa shape index (κ1) is 10.7. The van der Waals surface area contributed by atoms with Crippen LogP contribution in [0.2, 0.25) is 0 Å². The molecule has 0 aliphatic carbocycles. The van der Waals surface area contributed by atoms with Crippen LogP contribution in [-0.4, -0.2) is 43.3 Å². The van der Waals surface area contributed by atoms with Gasteiger partial charge in [0.2, 0.25) is 0 Å². The number of hydrogen-bond donors (Lipinski definition) is 1. The average molecular weight is 212 g/mol. The highest BCUT2D eigenvalue weighted by Crippen LogP contribution is 2.39. The summed E-state index contributed by atoms with van der Waals surface area (Å²) >= 11 is 0. The summed E-state index contributed by atoms with van der Waals surface area (Å²) in [4.78, 5) is 13.5. The number of rotatable bonds is 0. The monoisotopic (exact) mass is 212 g/mol. The van der Waals surface area contributed by atoms with Gasteiger partial charge in [-0.15, -0.1) is 0 Å². The zero-order valence-electron chi connectivity index (χ0n) is 9.75. The zero-order valence-corrected chi connectivity index (χ0v) is 9.75. The van der Waals surface area contributed by atoms with E-state index in [1.165, 1.54) is 7.11 Å². The molecule has 2 aliphatic rings. The molecule has 2 rings (SSSR count). The largest absolute Gasteiger partial charge is 0.453 e. The Kier molecular flexibility index (Phi) is 2.63. The first-order valence-electron chi connectivity index (χ1n) is 5.63. The standard InChI is InChI=1S/C11H20N2O2/c1-11(2)9-7-12-6-8(9)4-5-13(11)10(14)15-3/h8-9,12H,4-7H2,1-3H3. The van der Waals surface area contributed by atoms with Gasteiger partial charge >= 0.3 is 6.09 Å². The zero-order chi connectivity index (χ0) is 11.1. The van der Waals surface area contributed by atoms with Gasteiger partial charge in [0.05, 0.1) is 7.11 Å². The van der Waals surface area contributed by atoms with Gasteiger partial charge in [-0.3, -0.25) is 0 Å². The number of amides is 1. The maximum absolute atomic E-state index is 11.7. The van der Waals surface area contributed by atoms with E-state index in [9.17, 15) is 4.79 Å². The molecule has 2 unspecified atom stereocenters. The van der Waals surface area contributed by atoms with Gasteiger partial charge in [-0.25, -0.2) is 4.79 Å². The topological polar surface area (TPSA) is 41.6 Å². The number of carbonyl (C=O) groups is 1. The highest BCUT2D eigenvalue weighted by Gasteiger charge is 2.48. The lowest BCUT2D eigenvalue weighted by atomic mass is 9.74. The Labute approximate surface area is 91.0 Å². The quantitative estimate of drug-likeness (QED) is 0.653. The normalized spacial score (nSPS) is 33.7. The maximum Gasteiger partial charge on any atom is 0.409 e. The van der Waals surface area contributed by atoms with Crippen LogP contribution in [0.4, 0.5) is 4.79 Å². The minimum atomic E-state index is -0.189. The van der Waals surface area contributed by atoms with Gasteiger partial charge in [-0.2, -0.15) is 0 Å². The molecule has 4 heteroatoms. The van der Waals surface area contributed by atoms with Crippen LogP contribution in [0.1, 0.15) is 20.3 Å². The second kappa shape index (κ2) is 3.67. The third kappa shape index (κ3) is 1.61. The summed E-state index contributed by atoms with van der Waals surface area (Å²) in [6.45, 7) is 7.23. The van der Waals surface area contributed by atoms with Gasteiger partial charge < -0.3 is 15.0 Å². The number of nitrogens with zero attached hydrogens (tertiary/aromatic N) is 1. The van der Waals surface area contributed by atoms with Crippen LogP contribution in [0.25, 0.3) is 0 Å². The van der Waals surface area contributed by atoms with E-state index < -0.39 is 0 Å². The molecule has 0 aromatic heterocycles. The van der Waals surface area contributed by atoms with Crippen LogP contribution in [0.5, 0.6) is 0 Å². The molecular weight excluding hydrogens is 192 g/mol. The first-order chi connectivity index (χ1) is 7.07. The van der Waals surface area contributed by atoms with Crippen molar-refractivity contribution < 1.29 is 9.53 Å². The van der Waals surface area contributed by atoms with Crippen LogP contribution in [0.15, 0.2) is 0 Å². The highest BCUT2D eigenvalue weighted by molar-refractivity contribution is 5.68. The molecule has 0 radical (unpaired) electrons. The summed E-state index contributed by atoms with van der Waals surface area (Å²) in [7, 11) is 1.46. The van der Waals surface area contributed by atoms with Crippen molar-refractivity contribution in [3.05, 3.63) is 0 Å². The van der Waals surface area contributed by atoms with E-state index in [1.54, 1.807) is 0 Å². The van der Waals surface area contributed by atoms with E-state index in [4.69, 9.17) is 4.74 Å². The van der Waals surface area contributed by atoms with E-state index in [0.29, 0.717) is 5.92 Å². The molecule has 2 fully saturated rings. The van der Waals surface area contributed by atoms with Gasteiger partial charge in [0.15, 0.2) is 0 Å². The summed E-state index contributed by atoms with van der Waals surface area (Å²) in [6.07, 6.45) is 0.904. The molecule has 2 aliphatic heterocycles. The van der Waals surface area contributed by atoms with Crippen molar-refractivity contribution in [2.24, 2.45) is 11.8 Å². The molecule has 1 amide bonds. The predicted molar refractivity (Wildman–Crippen MR) is 57.7 cm³/mol. The lowest BCUT2D eigenvalue weighted by Crippen LogP contribution is -2.58. The van der Waals surface area contributed by atoms with Crippen molar-refractivity contribution in [3.8, 4) is 0 Å². The molecule has 1 N–H and O–H groups in total. The number of piperidine rings is 1. The second-order valence-corrected chi connectivity index (χ2v) is 5.09. The Balaban J connectivity index is 2.18. The van der Waals surface area contributed by atoms with Crippen LogP contribution in [-0.2, 0) is 4.74 Å². The molecular formula is C11H20N2O2. The first-order valence-corrected chi connectivity index (χ1v) is 5.63. The van der Waals surface area contributed by atoms with Crippen molar-refractivity contribution in [1.29, 1.82) is 0 Å². The molecule has 0 aromatic rings. The Morgan fingerprint density at radius 1 is 1.47 bits per heavy atom. The van der Waals surface area contributed by atoms with Crippen LogP contribution >= 0.6 is 0 Å². The Morgan fingerprint density at radius 3 is 2.87 bits per heavy atom. The number of ether oxygens (including phenoxy) is 1. The van der Waals surface area contributed by atoms with Crippen molar-refractivity contribution >= 4 is 6.09 Å². The van der Waals surface area contributed by atoms with Crippen LogP contribution in [0, 0.1) is 11.8 Å². The van der Waals surface area contributed by atoms with Crippen molar-refractivity contribution in [1.82, 2.24) is 10.2 Å². The molecule has 0 bridgehead atoms. The second-order valence-electron chi connectivity index (χ2n) is 5.09. The van der Waals surface area contributed by atoms with Gasteiger partial charge in [-0.05, 0) is 38.6 Å². The molecule has 2 atom stereocenters. The van der Waals surface area contributed by atoms with Gasteiger partial charge in [0.1, 0.15) is 0 Å². The van der Waals surface area contributed by atoms with E-state index in [-0.39, 0.29) is 11.6 Å². The van der Waals surface area contributed by atoms with Crippen molar-refractivity contribution in [2.75, 3.05) is 26.7 Å². The van der Waals surface area contributed by atoms with Crippen molar-refractivity contribution in [3.63, 3.8) is 0 Å².